The van der Waals surface area contributed by atoms with E-state index in [1.807, 2.05) is 0 Å². The second-order valence-corrected chi connectivity index (χ2v) is 8.07. The van der Waals surface area contributed by atoms with Crippen molar-refractivity contribution in [3.8, 4) is 0 Å². The fourth-order valence-corrected chi connectivity index (χ4v) is 4.36. The second kappa shape index (κ2) is 5.01. The van der Waals surface area contributed by atoms with Crippen molar-refractivity contribution < 1.29 is 26.0 Å². The average Bonchev–Trinajstić information content (AvgIpc) is 3.20. The number of rotatable bonds is 3. The molecule has 0 bridgehead atoms. The van der Waals surface area contributed by atoms with Gasteiger partial charge in [-0.15, -0.1) is 5.10 Å². The summed E-state index contributed by atoms with van der Waals surface area (Å²) in [6, 6.07) is -0.0241. The van der Waals surface area contributed by atoms with Gasteiger partial charge in [-0.25, -0.2) is 30.7 Å². The molecule has 1 aromatic heterocycles. The zero-order valence-electron chi connectivity index (χ0n) is 12.1. The van der Waals surface area contributed by atoms with E-state index in [2.05, 4.69) is 10.1 Å². The number of hydrogen-bond acceptors (Lipinski definition) is 4. The van der Waals surface area contributed by atoms with Crippen LogP contribution in [-0.4, -0.2) is 28.4 Å². The van der Waals surface area contributed by atoms with Crippen LogP contribution in [0.2, 0.25) is 0 Å². The first kappa shape index (κ1) is 15.6. The van der Waals surface area contributed by atoms with Crippen molar-refractivity contribution in [2.75, 3.05) is 0 Å². The monoisotopic (exact) mass is 361 g/mol. The highest BCUT2D eigenvalue weighted by atomic mass is 32.2. The molecule has 1 aromatic carbocycles. The topological polar surface area (TPSA) is 64.8 Å². The van der Waals surface area contributed by atoms with Crippen LogP contribution < -0.4 is 0 Å². The number of nitrogens with zero attached hydrogens (tertiary/aromatic N) is 3. The highest BCUT2D eigenvalue weighted by molar-refractivity contribution is 7.92. The summed E-state index contributed by atoms with van der Waals surface area (Å²) in [5, 5.41) is 2.69. The van der Waals surface area contributed by atoms with Gasteiger partial charge in [0.2, 0.25) is 9.84 Å². The lowest BCUT2D eigenvalue weighted by molar-refractivity contribution is 0.324. The van der Waals surface area contributed by atoms with E-state index in [1.165, 1.54) is 0 Å². The Morgan fingerprint density at radius 2 is 1.88 bits per heavy atom. The van der Waals surface area contributed by atoms with Gasteiger partial charge in [0.05, 0.1) is 11.3 Å². The maximum Gasteiger partial charge on any atom is 0.267 e. The molecule has 0 unspecified atom stereocenters. The van der Waals surface area contributed by atoms with Crippen molar-refractivity contribution in [3.05, 3.63) is 41.0 Å². The molecule has 0 spiro atoms. The lowest BCUT2D eigenvalue weighted by Crippen LogP contribution is -2.14. The molecule has 5 nitrogen and oxygen atoms in total. The van der Waals surface area contributed by atoms with Crippen molar-refractivity contribution in [1.29, 1.82) is 0 Å². The van der Waals surface area contributed by atoms with E-state index in [0.29, 0.717) is 18.9 Å². The molecule has 10 heteroatoms. The van der Waals surface area contributed by atoms with Crippen LogP contribution in [-0.2, 0) is 9.84 Å². The normalized spacial score (nSPS) is 23.5. The Balaban J connectivity index is 1.82. The Labute approximate surface area is 134 Å². The Kier molecular flexibility index (Phi) is 3.25. The van der Waals surface area contributed by atoms with Crippen molar-refractivity contribution in [2.24, 2.45) is 0 Å². The third kappa shape index (κ3) is 2.23. The molecule has 1 aliphatic heterocycles. The van der Waals surface area contributed by atoms with E-state index in [9.17, 15) is 26.0 Å². The lowest BCUT2D eigenvalue weighted by atomic mass is 10.0. The summed E-state index contributed by atoms with van der Waals surface area (Å²) >= 11 is 0. The maximum atomic E-state index is 14.2. The van der Waals surface area contributed by atoms with Crippen LogP contribution in [0.5, 0.6) is 0 Å². The van der Waals surface area contributed by atoms with Crippen LogP contribution in [0, 0.1) is 17.5 Å². The Morgan fingerprint density at radius 3 is 2.54 bits per heavy atom. The standard InChI is InChI=1S/C14H11F4N3O2S/c15-6-3-8(12(18)9(16)4-6)11-5-10(17)13-19-14(20-21(11)13)24(22,23)7-1-2-7/h3-4,7,10-11H,1-2,5H2/t10-,11-/m0/s1. The number of fused-ring (bicyclic) bond motifs is 1. The van der Waals surface area contributed by atoms with Gasteiger partial charge in [0.25, 0.3) is 5.16 Å². The number of aromatic nitrogens is 3. The van der Waals surface area contributed by atoms with E-state index < -0.39 is 55.5 Å². The summed E-state index contributed by atoms with van der Waals surface area (Å²) in [5.41, 5.74) is -0.422. The molecular weight excluding hydrogens is 350 g/mol. The smallest absolute Gasteiger partial charge is 0.239 e. The third-order valence-corrected chi connectivity index (χ3v) is 6.27. The fraction of sp³-hybridized carbons (Fsp3) is 0.429. The van der Waals surface area contributed by atoms with Gasteiger partial charge in [-0.1, -0.05) is 0 Å². The first-order chi connectivity index (χ1) is 11.3. The van der Waals surface area contributed by atoms with Crippen LogP contribution in [0.1, 0.15) is 42.9 Å². The number of hydrogen-bond donors (Lipinski definition) is 0. The van der Waals surface area contributed by atoms with Crippen molar-refractivity contribution in [3.63, 3.8) is 0 Å². The fourth-order valence-electron chi connectivity index (χ4n) is 2.88. The Hall–Kier alpha value is -1.97. The summed E-state index contributed by atoms with van der Waals surface area (Å²) in [4.78, 5) is 3.73. The third-order valence-electron chi connectivity index (χ3n) is 4.24. The molecule has 4 rings (SSSR count). The molecule has 128 valence electrons. The van der Waals surface area contributed by atoms with E-state index in [4.69, 9.17) is 0 Å². The molecule has 0 saturated heterocycles. The summed E-state index contributed by atoms with van der Waals surface area (Å²) in [7, 11) is -3.75. The molecular formula is C14H11F4N3O2S. The molecule has 1 fully saturated rings. The molecule has 0 amide bonds. The van der Waals surface area contributed by atoms with Gasteiger partial charge in [0.1, 0.15) is 5.82 Å². The van der Waals surface area contributed by atoms with Gasteiger partial charge < -0.3 is 0 Å². The summed E-state index contributed by atoms with van der Waals surface area (Å²) in [6.45, 7) is 0. The number of halogens is 4. The van der Waals surface area contributed by atoms with Gasteiger partial charge in [0.15, 0.2) is 23.6 Å². The molecule has 0 N–H and O–H groups in total. The van der Waals surface area contributed by atoms with Crippen LogP contribution >= 0.6 is 0 Å². The molecule has 1 aliphatic carbocycles. The van der Waals surface area contributed by atoms with E-state index in [-0.39, 0.29) is 12.2 Å². The first-order valence-electron chi connectivity index (χ1n) is 7.28. The molecule has 2 atom stereocenters. The Morgan fingerprint density at radius 1 is 1.17 bits per heavy atom. The summed E-state index contributed by atoms with van der Waals surface area (Å²) in [5.74, 6) is -4.01. The van der Waals surface area contributed by atoms with Crippen LogP contribution in [0.3, 0.4) is 0 Å². The number of alkyl halides is 1. The largest absolute Gasteiger partial charge is 0.267 e. The molecule has 24 heavy (non-hydrogen) atoms. The minimum absolute atomic E-state index is 0.275. The molecule has 2 heterocycles. The van der Waals surface area contributed by atoms with Gasteiger partial charge in [-0.3, -0.25) is 0 Å². The highest BCUT2D eigenvalue weighted by Gasteiger charge is 2.44. The van der Waals surface area contributed by atoms with E-state index in [1.54, 1.807) is 0 Å². The number of sulfone groups is 1. The van der Waals surface area contributed by atoms with Crippen molar-refractivity contribution in [1.82, 2.24) is 14.8 Å². The molecule has 2 aromatic rings. The van der Waals surface area contributed by atoms with Gasteiger partial charge in [0, 0.05) is 18.1 Å². The maximum absolute atomic E-state index is 14.2. The van der Waals surface area contributed by atoms with Crippen LogP contribution in [0.4, 0.5) is 17.6 Å². The van der Waals surface area contributed by atoms with E-state index in [0.717, 1.165) is 10.7 Å². The second-order valence-electron chi connectivity index (χ2n) is 5.95. The summed E-state index contributed by atoms with van der Waals surface area (Å²) in [6.07, 6.45) is -1.05. The quantitative estimate of drug-likeness (QED) is 0.623. The molecule has 1 saturated carbocycles. The highest BCUT2D eigenvalue weighted by Crippen LogP contribution is 2.42. The SMILES string of the molecule is O=S(=O)(c1nc2n(n1)[C@H](c1cc(F)cc(F)c1F)C[C@@H]2F)C1CC1. The zero-order valence-corrected chi connectivity index (χ0v) is 12.9. The van der Waals surface area contributed by atoms with Crippen LogP contribution in [0.25, 0.3) is 0 Å². The van der Waals surface area contributed by atoms with E-state index >= 15 is 0 Å². The number of benzene rings is 1. The average molecular weight is 361 g/mol. The van der Waals surface area contributed by atoms with Gasteiger partial charge >= 0.3 is 0 Å². The van der Waals surface area contributed by atoms with Gasteiger partial charge in [-0.05, 0) is 18.9 Å². The lowest BCUT2D eigenvalue weighted by Gasteiger charge is -2.13. The van der Waals surface area contributed by atoms with Crippen molar-refractivity contribution in [2.45, 2.75) is 41.9 Å². The minimum atomic E-state index is -3.75. The zero-order chi connectivity index (χ0) is 17.2. The predicted molar refractivity (Wildman–Crippen MR) is 73.2 cm³/mol. The minimum Gasteiger partial charge on any atom is -0.239 e. The Bertz CT molecular complexity index is 940. The summed E-state index contributed by atoms with van der Waals surface area (Å²) < 4.78 is 80.2. The first-order valence-corrected chi connectivity index (χ1v) is 8.82. The molecule has 2 aliphatic rings. The molecule has 0 radical (unpaired) electrons. The van der Waals surface area contributed by atoms with Crippen LogP contribution in [0.15, 0.2) is 17.3 Å². The van der Waals surface area contributed by atoms with Crippen molar-refractivity contribution >= 4 is 9.84 Å². The van der Waals surface area contributed by atoms with Gasteiger partial charge in [-0.2, -0.15) is 4.98 Å². The predicted octanol–water partition coefficient (Wildman–Crippen LogP) is 2.64.